The first-order chi connectivity index (χ1) is 16.4. The van der Waals surface area contributed by atoms with Crippen molar-refractivity contribution in [2.24, 2.45) is 0 Å². The van der Waals surface area contributed by atoms with Gasteiger partial charge in [0, 0.05) is 5.69 Å². The number of carbonyl (C=O) groups is 1. The molecule has 0 aliphatic carbocycles. The van der Waals surface area contributed by atoms with Crippen molar-refractivity contribution >= 4 is 29.3 Å². The third-order valence-electron chi connectivity index (χ3n) is 4.82. The van der Waals surface area contributed by atoms with Crippen LogP contribution in [0.4, 0.5) is 5.69 Å². The Bertz CT molecular complexity index is 1230. The van der Waals surface area contributed by atoms with Crippen molar-refractivity contribution in [2.45, 2.75) is 20.5 Å². The monoisotopic (exact) mass is 476 g/mol. The molecule has 6 nitrogen and oxygen atoms in total. The molecule has 0 bridgehead atoms. The van der Waals surface area contributed by atoms with Crippen LogP contribution in [0.5, 0.6) is 17.2 Å². The Morgan fingerprint density at radius 2 is 1.88 bits per heavy atom. The lowest BCUT2D eigenvalue weighted by molar-refractivity contribution is -0.112. The lowest BCUT2D eigenvalue weighted by Crippen LogP contribution is -2.13. The van der Waals surface area contributed by atoms with Crippen LogP contribution in [-0.4, -0.2) is 19.6 Å². The largest absolute Gasteiger partial charge is 0.494 e. The predicted octanol–water partition coefficient (Wildman–Crippen LogP) is 6.18. The fourth-order valence-electron chi connectivity index (χ4n) is 3.24. The number of rotatable bonds is 9. The Morgan fingerprint density at radius 3 is 2.53 bits per heavy atom. The van der Waals surface area contributed by atoms with Crippen molar-refractivity contribution in [1.82, 2.24) is 0 Å². The van der Waals surface area contributed by atoms with Crippen LogP contribution < -0.4 is 19.5 Å². The van der Waals surface area contributed by atoms with E-state index in [9.17, 15) is 10.1 Å². The number of amides is 1. The maximum Gasteiger partial charge on any atom is 0.266 e. The summed E-state index contributed by atoms with van der Waals surface area (Å²) < 4.78 is 16.7. The summed E-state index contributed by atoms with van der Waals surface area (Å²) >= 11 is 6.46. The first kappa shape index (κ1) is 24.7. The highest BCUT2D eigenvalue weighted by Crippen LogP contribution is 2.37. The van der Waals surface area contributed by atoms with Gasteiger partial charge in [-0.25, -0.2) is 0 Å². The van der Waals surface area contributed by atoms with Gasteiger partial charge in [0.2, 0.25) is 0 Å². The van der Waals surface area contributed by atoms with Crippen LogP contribution in [0.25, 0.3) is 6.08 Å². The molecule has 0 aromatic heterocycles. The molecule has 3 aromatic carbocycles. The number of carbonyl (C=O) groups excluding carboxylic acids is 1. The van der Waals surface area contributed by atoms with Crippen LogP contribution in [0.3, 0.4) is 0 Å². The molecule has 34 heavy (non-hydrogen) atoms. The standard InChI is InChI=1S/C27H25ClN2O4/c1-4-33-23-10-8-22(9-11-23)30-27(31)21(16-29)13-20-14-24(28)26(25(15-20)32-3)34-17-19-7-5-6-18(2)12-19/h5-15H,4,17H2,1-3H3,(H,30,31)/b21-13-. The summed E-state index contributed by atoms with van der Waals surface area (Å²) in [5.74, 6) is 0.945. The Hall–Kier alpha value is -3.95. The third-order valence-corrected chi connectivity index (χ3v) is 5.10. The van der Waals surface area contributed by atoms with Gasteiger partial charge in [0.25, 0.3) is 5.91 Å². The SMILES string of the molecule is CCOc1ccc(NC(=O)/C(C#N)=C\c2cc(Cl)c(OCc3cccc(C)c3)c(OC)c2)cc1. The number of aryl methyl sites for hydroxylation is 1. The van der Waals surface area contributed by atoms with Gasteiger partial charge in [-0.2, -0.15) is 5.26 Å². The topological polar surface area (TPSA) is 80.6 Å². The minimum absolute atomic E-state index is 0.0829. The summed E-state index contributed by atoms with van der Waals surface area (Å²) in [4.78, 5) is 12.6. The summed E-state index contributed by atoms with van der Waals surface area (Å²) in [7, 11) is 1.50. The first-order valence-corrected chi connectivity index (χ1v) is 11.0. The van der Waals surface area contributed by atoms with Crippen LogP contribution in [0.15, 0.2) is 66.2 Å². The number of benzene rings is 3. The van der Waals surface area contributed by atoms with Gasteiger partial charge in [0.15, 0.2) is 11.5 Å². The van der Waals surface area contributed by atoms with Gasteiger partial charge in [-0.15, -0.1) is 0 Å². The van der Waals surface area contributed by atoms with Crippen molar-refractivity contribution in [3.05, 3.63) is 87.9 Å². The molecule has 0 saturated heterocycles. The average molecular weight is 477 g/mol. The number of nitriles is 1. The molecule has 0 aliphatic rings. The molecule has 0 radical (unpaired) electrons. The Labute approximate surface area is 204 Å². The lowest BCUT2D eigenvalue weighted by atomic mass is 10.1. The molecule has 1 amide bonds. The second-order valence-corrected chi connectivity index (χ2v) is 7.80. The number of hydrogen-bond acceptors (Lipinski definition) is 5. The Balaban J connectivity index is 1.77. The maximum atomic E-state index is 12.6. The number of nitrogens with one attached hydrogen (secondary N) is 1. The fourth-order valence-corrected chi connectivity index (χ4v) is 3.51. The quantitative estimate of drug-likeness (QED) is 0.294. The number of nitrogens with zero attached hydrogens (tertiary/aromatic N) is 1. The van der Waals surface area contributed by atoms with Gasteiger partial charge in [-0.1, -0.05) is 41.4 Å². The number of anilines is 1. The van der Waals surface area contributed by atoms with Crippen molar-refractivity contribution in [3.8, 4) is 23.3 Å². The molecular formula is C27H25ClN2O4. The van der Waals surface area contributed by atoms with Gasteiger partial charge in [0.1, 0.15) is 24.0 Å². The molecule has 3 rings (SSSR count). The summed E-state index contributed by atoms with van der Waals surface area (Å²) in [5.41, 5.74) is 3.13. The van der Waals surface area contributed by atoms with Crippen LogP contribution in [-0.2, 0) is 11.4 Å². The zero-order chi connectivity index (χ0) is 24.5. The minimum Gasteiger partial charge on any atom is -0.494 e. The van der Waals surface area contributed by atoms with Crippen molar-refractivity contribution in [1.29, 1.82) is 5.26 Å². The molecule has 1 N–H and O–H groups in total. The first-order valence-electron chi connectivity index (χ1n) is 10.7. The highest BCUT2D eigenvalue weighted by Gasteiger charge is 2.15. The highest BCUT2D eigenvalue weighted by atomic mass is 35.5. The van der Waals surface area contributed by atoms with E-state index in [2.05, 4.69) is 5.32 Å². The van der Waals surface area contributed by atoms with Crippen LogP contribution >= 0.6 is 11.6 Å². The van der Waals surface area contributed by atoms with Gasteiger partial charge in [-0.3, -0.25) is 4.79 Å². The molecule has 0 unspecified atom stereocenters. The molecule has 3 aromatic rings. The van der Waals surface area contributed by atoms with E-state index in [0.29, 0.717) is 46.7 Å². The minimum atomic E-state index is -0.540. The van der Waals surface area contributed by atoms with Gasteiger partial charge in [-0.05, 0) is 67.4 Å². The Morgan fingerprint density at radius 1 is 1.12 bits per heavy atom. The van der Waals surface area contributed by atoms with Gasteiger partial charge in [0.05, 0.1) is 18.7 Å². The van der Waals surface area contributed by atoms with Crippen molar-refractivity contribution in [2.75, 3.05) is 19.0 Å². The molecule has 7 heteroatoms. The predicted molar refractivity (Wildman–Crippen MR) is 133 cm³/mol. The number of halogens is 1. The fraction of sp³-hybridized carbons (Fsp3) is 0.185. The van der Waals surface area contributed by atoms with Gasteiger partial charge >= 0.3 is 0 Å². The molecule has 174 valence electrons. The van der Waals surface area contributed by atoms with E-state index in [4.69, 9.17) is 25.8 Å². The van der Waals surface area contributed by atoms with Crippen molar-refractivity contribution in [3.63, 3.8) is 0 Å². The number of hydrogen-bond donors (Lipinski definition) is 1. The van der Waals surface area contributed by atoms with Gasteiger partial charge < -0.3 is 19.5 Å². The summed E-state index contributed by atoms with van der Waals surface area (Å²) in [6.07, 6.45) is 1.45. The summed E-state index contributed by atoms with van der Waals surface area (Å²) in [5, 5.41) is 12.6. The molecule has 0 spiro atoms. The maximum absolute atomic E-state index is 12.6. The zero-order valence-corrected chi connectivity index (χ0v) is 20.0. The zero-order valence-electron chi connectivity index (χ0n) is 19.2. The third kappa shape index (κ3) is 6.53. The molecule has 0 heterocycles. The van der Waals surface area contributed by atoms with E-state index in [1.165, 1.54) is 13.2 Å². The second-order valence-electron chi connectivity index (χ2n) is 7.39. The van der Waals surface area contributed by atoms with Crippen molar-refractivity contribution < 1.29 is 19.0 Å². The average Bonchev–Trinajstić information content (AvgIpc) is 2.83. The second kappa shape index (κ2) is 11.8. The van der Waals surface area contributed by atoms with E-state index >= 15 is 0 Å². The highest BCUT2D eigenvalue weighted by molar-refractivity contribution is 6.32. The number of ether oxygens (including phenoxy) is 3. The molecular weight excluding hydrogens is 452 g/mol. The number of methoxy groups -OCH3 is 1. The lowest BCUT2D eigenvalue weighted by Gasteiger charge is -2.14. The molecule has 0 atom stereocenters. The van der Waals surface area contributed by atoms with Crippen LogP contribution in [0.1, 0.15) is 23.6 Å². The summed E-state index contributed by atoms with van der Waals surface area (Å²) in [6, 6.07) is 20.1. The van der Waals surface area contributed by atoms with E-state index in [0.717, 1.165) is 11.1 Å². The van der Waals surface area contributed by atoms with E-state index < -0.39 is 5.91 Å². The van der Waals surface area contributed by atoms with E-state index in [1.807, 2.05) is 44.2 Å². The smallest absolute Gasteiger partial charge is 0.266 e. The normalized spacial score (nSPS) is 10.9. The summed E-state index contributed by atoms with van der Waals surface area (Å²) in [6.45, 7) is 4.77. The van der Waals surface area contributed by atoms with Crippen LogP contribution in [0.2, 0.25) is 5.02 Å². The van der Waals surface area contributed by atoms with Crippen LogP contribution in [0, 0.1) is 18.3 Å². The molecule has 0 aliphatic heterocycles. The van der Waals surface area contributed by atoms with E-state index in [-0.39, 0.29) is 5.57 Å². The Kier molecular flexibility index (Phi) is 8.55. The molecule has 0 saturated carbocycles. The van der Waals surface area contributed by atoms with E-state index in [1.54, 1.807) is 36.4 Å². The molecule has 0 fully saturated rings.